The Hall–Kier alpha value is -2.52. The number of urea groups is 1. The Morgan fingerprint density at radius 2 is 2.18 bits per heavy atom. The number of carbonyl (C=O) groups excluding carboxylic acids is 1. The van der Waals surface area contributed by atoms with Crippen molar-refractivity contribution in [3.05, 3.63) is 23.3 Å². The number of hydrogen-bond donors (Lipinski definition) is 1. The third-order valence-electron chi connectivity index (χ3n) is 3.58. The number of halogens is 2. The zero-order valence-electron chi connectivity index (χ0n) is 12.1. The molecule has 0 fully saturated rings. The lowest BCUT2D eigenvalue weighted by atomic mass is 10.1. The van der Waals surface area contributed by atoms with E-state index in [-0.39, 0.29) is 5.69 Å². The molecule has 2 aromatic rings. The molecule has 0 aromatic carbocycles. The normalized spacial score (nSPS) is 14.3. The quantitative estimate of drug-likeness (QED) is 0.900. The molecule has 0 aliphatic carbocycles. The Kier molecular flexibility index (Phi) is 3.51. The van der Waals surface area contributed by atoms with Crippen LogP contribution in [0.3, 0.4) is 0 Å². The highest BCUT2D eigenvalue weighted by atomic mass is 19.3. The van der Waals surface area contributed by atoms with Crippen LogP contribution in [0.5, 0.6) is 0 Å². The number of rotatable bonds is 2. The molecule has 1 aliphatic rings. The van der Waals surface area contributed by atoms with Crippen LogP contribution in [0.25, 0.3) is 0 Å². The van der Waals surface area contributed by atoms with Gasteiger partial charge in [-0.1, -0.05) is 5.21 Å². The average molecular weight is 311 g/mol. The number of anilines is 1. The van der Waals surface area contributed by atoms with E-state index in [9.17, 15) is 13.6 Å². The van der Waals surface area contributed by atoms with Gasteiger partial charge in [0.25, 0.3) is 6.43 Å². The number of aryl methyl sites for hydroxylation is 2. The maximum atomic E-state index is 12.9. The van der Waals surface area contributed by atoms with Crippen molar-refractivity contribution in [1.29, 1.82) is 0 Å². The van der Waals surface area contributed by atoms with Crippen LogP contribution in [-0.4, -0.2) is 42.3 Å². The molecule has 1 aliphatic heterocycles. The molecular weight excluding hydrogens is 296 g/mol. The Balaban J connectivity index is 1.73. The molecule has 8 nitrogen and oxygen atoms in total. The number of amides is 2. The maximum absolute atomic E-state index is 12.9. The first-order valence-electron chi connectivity index (χ1n) is 6.70. The van der Waals surface area contributed by atoms with Crippen molar-refractivity contribution in [2.45, 2.75) is 19.4 Å². The average Bonchev–Trinajstić information content (AvgIpc) is 3.02. The molecule has 0 saturated carbocycles. The minimum absolute atomic E-state index is 0.0208. The summed E-state index contributed by atoms with van der Waals surface area (Å²) in [5.41, 5.74) is 1.29. The Bertz CT molecular complexity index is 708. The third kappa shape index (κ3) is 2.51. The minimum atomic E-state index is -2.75. The van der Waals surface area contributed by atoms with E-state index in [4.69, 9.17) is 0 Å². The number of carbonyl (C=O) groups is 1. The first-order chi connectivity index (χ1) is 10.5. The Labute approximate surface area is 124 Å². The van der Waals surface area contributed by atoms with E-state index in [0.29, 0.717) is 19.5 Å². The van der Waals surface area contributed by atoms with Gasteiger partial charge in [-0.15, -0.1) is 5.10 Å². The molecule has 3 rings (SSSR count). The fourth-order valence-electron chi connectivity index (χ4n) is 2.48. The summed E-state index contributed by atoms with van der Waals surface area (Å²) in [4.78, 5) is 13.8. The molecule has 3 heterocycles. The van der Waals surface area contributed by atoms with Crippen LogP contribution in [0, 0.1) is 0 Å². The molecule has 2 aromatic heterocycles. The summed E-state index contributed by atoms with van der Waals surface area (Å²) in [7, 11) is 3.32. The monoisotopic (exact) mass is 311 g/mol. The van der Waals surface area contributed by atoms with E-state index < -0.39 is 18.2 Å². The first-order valence-corrected chi connectivity index (χ1v) is 6.70. The number of hydrogen-bond acceptors (Lipinski definition) is 4. The number of alkyl halides is 2. The van der Waals surface area contributed by atoms with Crippen molar-refractivity contribution >= 4 is 11.7 Å². The molecule has 10 heteroatoms. The van der Waals surface area contributed by atoms with Gasteiger partial charge in [-0.05, 0) is 0 Å². The van der Waals surface area contributed by atoms with E-state index >= 15 is 0 Å². The number of fused-ring (bicyclic) bond motifs is 1. The highest BCUT2D eigenvalue weighted by Crippen LogP contribution is 2.26. The summed E-state index contributed by atoms with van der Waals surface area (Å²) in [5.74, 6) is 0. The molecule has 2 amide bonds. The predicted molar refractivity (Wildman–Crippen MR) is 72.3 cm³/mol. The van der Waals surface area contributed by atoms with Gasteiger partial charge in [0.05, 0.1) is 17.9 Å². The lowest BCUT2D eigenvalue weighted by Crippen LogP contribution is -2.39. The second-order valence-electron chi connectivity index (χ2n) is 5.11. The molecule has 22 heavy (non-hydrogen) atoms. The highest BCUT2D eigenvalue weighted by Gasteiger charge is 2.26. The van der Waals surface area contributed by atoms with Gasteiger partial charge in [0.1, 0.15) is 5.69 Å². The van der Waals surface area contributed by atoms with Gasteiger partial charge in [0.2, 0.25) is 0 Å². The van der Waals surface area contributed by atoms with Gasteiger partial charge in [-0.3, -0.25) is 9.36 Å². The van der Waals surface area contributed by atoms with E-state index in [1.165, 1.54) is 22.8 Å². The minimum Gasteiger partial charge on any atom is -0.318 e. The number of aromatic nitrogens is 5. The summed E-state index contributed by atoms with van der Waals surface area (Å²) in [6.45, 7) is 0.781. The fraction of sp³-hybridized carbons (Fsp3) is 0.500. The standard InChI is InChI=1S/C12H15F2N7O/c1-19-5-8(10(17-19)11(13)14)15-12(22)21-4-3-9-7(6-21)16-18-20(9)2/h5,11H,3-4,6H2,1-2H3,(H,15,22). The lowest BCUT2D eigenvalue weighted by Gasteiger charge is -2.26. The molecule has 0 radical (unpaired) electrons. The second-order valence-corrected chi connectivity index (χ2v) is 5.11. The molecule has 0 unspecified atom stereocenters. The van der Waals surface area contributed by atoms with Crippen molar-refractivity contribution in [2.75, 3.05) is 11.9 Å². The molecular formula is C12H15F2N7O. The Morgan fingerprint density at radius 1 is 1.41 bits per heavy atom. The van der Waals surface area contributed by atoms with E-state index in [1.54, 1.807) is 11.7 Å². The van der Waals surface area contributed by atoms with Crippen LogP contribution in [0.4, 0.5) is 19.3 Å². The van der Waals surface area contributed by atoms with Crippen LogP contribution in [-0.2, 0) is 27.1 Å². The van der Waals surface area contributed by atoms with Gasteiger partial charge in [0.15, 0.2) is 5.69 Å². The van der Waals surface area contributed by atoms with Gasteiger partial charge in [-0.2, -0.15) is 5.10 Å². The molecule has 0 bridgehead atoms. The highest BCUT2D eigenvalue weighted by molar-refractivity contribution is 5.90. The van der Waals surface area contributed by atoms with Gasteiger partial charge in [-0.25, -0.2) is 13.6 Å². The zero-order valence-corrected chi connectivity index (χ0v) is 12.1. The van der Waals surface area contributed by atoms with E-state index in [0.717, 1.165) is 11.4 Å². The third-order valence-corrected chi connectivity index (χ3v) is 3.58. The van der Waals surface area contributed by atoms with Gasteiger partial charge >= 0.3 is 6.03 Å². The van der Waals surface area contributed by atoms with Crippen molar-refractivity contribution in [3.63, 3.8) is 0 Å². The predicted octanol–water partition coefficient (Wildman–Crippen LogP) is 1.08. The largest absolute Gasteiger partial charge is 0.322 e. The number of nitrogens with zero attached hydrogens (tertiary/aromatic N) is 6. The lowest BCUT2D eigenvalue weighted by molar-refractivity contribution is 0.146. The van der Waals surface area contributed by atoms with E-state index in [1.807, 2.05) is 0 Å². The molecule has 1 N–H and O–H groups in total. The van der Waals surface area contributed by atoms with Crippen LogP contribution in [0.15, 0.2) is 6.20 Å². The SMILES string of the molecule is Cn1cc(NC(=O)N2CCc3c(nnn3C)C2)c(C(F)F)n1. The fourth-order valence-corrected chi connectivity index (χ4v) is 2.48. The van der Waals surface area contributed by atoms with Crippen molar-refractivity contribution in [2.24, 2.45) is 14.1 Å². The molecule has 0 saturated heterocycles. The maximum Gasteiger partial charge on any atom is 0.322 e. The van der Waals surface area contributed by atoms with Crippen LogP contribution < -0.4 is 5.32 Å². The second kappa shape index (κ2) is 5.35. The first kappa shape index (κ1) is 14.4. The van der Waals surface area contributed by atoms with Crippen LogP contribution in [0.2, 0.25) is 0 Å². The topological polar surface area (TPSA) is 80.9 Å². The van der Waals surface area contributed by atoms with Gasteiger partial charge in [0, 0.05) is 33.3 Å². The summed E-state index contributed by atoms with van der Waals surface area (Å²) in [6.07, 6.45) is -0.762. The number of nitrogens with one attached hydrogen (secondary N) is 1. The van der Waals surface area contributed by atoms with Crippen molar-refractivity contribution < 1.29 is 13.6 Å². The molecule has 0 spiro atoms. The van der Waals surface area contributed by atoms with Crippen molar-refractivity contribution in [3.8, 4) is 0 Å². The Morgan fingerprint density at radius 3 is 2.91 bits per heavy atom. The summed E-state index contributed by atoms with van der Waals surface area (Å²) in [5, 5.41) is 14.1. The molecule has 118 valence electrons. The summed E-state index contributed by atoms with van der Waals surface area (Å²) >= 11 is 0. The van der Waals surface area contributed by atoms with Crippen LogP contribution in [0.1, 0.15) is 23.5 Å². The summed E-state index contributed by atoms with van der Waals surface area (Å²) < 4.78 is 28.7. The summed E-state index contributed by atoms with van der Waals surface area (Å²) in [6, 6.07) is -0.453. The van der Waals surface area contributed by atoms with Crippen molar-refractivity contribution in [1.82, 2.24) is 29.7 Å². The van der Waals surface area contributed by atoms with Gasteiger partial charge < -0.3 is 10.2 Å². The van der Waals surface area contributed by atoms with Crippen LogP contribution >= 0.6 is 0 Å². The smallest absolute Gasteiger partial charge is 0.318 e. The zero-order chi connectivity index (χ0) is 15.9. The molecule has 0 atom stereocenters. The van der Waals surface area contributed by atoms with E-state index in [2.05, 4.69) is 20.7 Å².